The van der Waals surface area contributed by atoms with Crippen LogP contribution in [0.25, 0.3) is 0 Å². The summed E-state index contributed by atoms with van der Waals surface area (Å²) < 4.78 is 44.7. The van der Waals surface area contributed by atoms with E-state index >= 15 is 0 Å². The van der Waals surface area contributed by atoms with Crippen LogP contribution in [0, 0.1) is 12.7 Å². The molecule has 1 N–H and O–H groups in total. The molecule has 2 aromatic rings. The van der Waals surface area contributed by atoms with Crippen molar-refractivity contribution in [2.75, 3.05) is 24.2 Å². The summed E-state index contributed by atoms with van der Waals surface area (Å²) in [5, 5.41) is 2.82. The summed E-state index contributed by atoms with van der Waals surface area (Å²) in [5.41, 5.74) is 2.71. The van der Waals surface area contributed by atoms with Gasteiger partial charge in [0.1, 0.15) is 18.1 Å². The molecule has 0 aliphatic heterocycles. The predicted octanol–water partition coefficient (Wildman–Crippen LogP) is 3.91. The molecule has 0 aromatic heterocycles. The zero-order valence-corrected chi connectivity index (χ0v) is 19.0. The SMILES string of the molecule is COc1cc(C)c([C@H](C)NC(=O)CN(c2ccccc2F)S(C)(=O)=O)cc1C(C)C. The molecule has 0 aliphatic carbocycles. The van der Waals surface area contributed by atoms with Gasteiger partial charge in [-0.2, -0.15) is 0 Å². The minimum atomic E-state index is -3.86. The summed E-state index contributed by atoms with van der Waals surface area (Å²) in [6.45, 7) is 7.34. The molecule has 0 fully saturated rings. The summed E-state index contributed by atoms with van der Waals surface area (Å²) in [6.07, 6.45) is 0.943. The first kappa shape index (κ1) is 23.7. The van der Waals surface area contributed by atoms with Gasteiger partial charge in [0.05, 0.1) is 25.1 Å². The number of ether oxygens (including phenoxy) is 1. The quantitative estimate of drug-likeness (QED) is 0.681. The van der Waals surface area contributed by atoms with Crippen LogP contribution in [0.1, 0.15) is 49.4 Å². The minimum Gasteiger partial charge on any atom is -0.496 e. The highest BCUT2D eigenvalue weighted by Crippen LogP contribution is 2.32. The maximum Gasteiger partial charge on any atom is 0.241 e. The average Bonchev–Trinajstić information content (AvgIpc) is 2.65. The molecule has 0 bridgehead atoms. The number of nitrogens with one attached hydrogen (secondary N) is 1. The van der Waals surface area contributed by atoms with Gasteiger partial charge in [-0.05, 0) is 60.7 Å². The molecule has 0 saturated carbocycles. The van der Waals surface area contributed by atoms with Gasteiger partial charge in [0.25, 0.3) is 0 Å². The van der Waals surface area contributed by atoms with Gasteiger partial charge in [-0.1, -0.05) is 26.0 Å². The van der Waals surface area contributed by atoms with E-state index in [-0.39, 0.29) is 17.6 Å². The van der Waals surface area contributed by atoms with E-state index in [9.17, 15) is 17.6 Å². The van der Waals surface area contributed by atoms with Gasteiger partial charge >= 0.3 is 0 Å². The molecule has 0 radical (unpaired) electrons. The maximum atomic E-state index is 14.1. The monoisotopic (exact) mass is 436 g/mol. The van der Waals surface area contributed by atoms with Crippen molar-refractivity contribution in [2.24, 2.45) is 0 Å². The summed E-state index contributed by atoms with van der Waals surface area (Å²) in [6, 6.07) is 9.01. The molecule has 0 unspecified atom stereocenters. The molecule has 2 aromatic carbocycles. The van der Waals surface area contributed by atoms with Crippen LogP contribution in [0.3, 0.4) is 0 Å². The topological polar surface area (TPSA) is 75.7 Å². The third kappa shape index (κ3) is 5.50. The summed E-state index contributed by atoms with van der Waals surface area (Å²) in [5.74, 6) is -0.231. The molecule has 2 rings (SSSR count). The Morgan fingerprint density at radius 1 is 1.17 bits per heavy atom. The molecule has 8 heteroatoms. The van der Waals surface area contributed by atoms with Crippen molar-refractivity contribution in [3.63, 3.8) is 0 Å². The van der Waals surface area contributed by atoms with E-state index in [1.54, 1.807) is 7.11 Å². The Kier molecular flexibility index (Phi) is 7.47. The number of hydrogen-bond acceptors (Lipinski definition) is 4. The van der Waals surface area contributed by atoms with Crippen molar-refractivity contribution >= 4 is 21.6 Å². The lowest BCUT2D eigenvalue weighted by Crippen LogP contribution is -2.41. The number of hydrogen-bond donors (Lipinski definition) is 1. The Bertz CT molecular complexity index is 1020. The first-order chi connectivity index (χ1) is 14.0. The van der Waals surface area contributed by atoms with E-state index in [0.29, 0.717) is 0 Å². The summed E-state index contributed by atoms with van der Waals surface area (Å²) in [4.78, 5) is 12.7. The maximum absolute atomic E-state index is 14.1. The number of amides is 1. The Morgan fingerprint density at radius 3 is 2.33 bits per heavy atom. The Morgan fingerprint density at radius 2 is 1.80 bits per heavy atom. The Hall–Kier alpha value is -2.61. The summed E-state index contributed by atoms with van der Waals surface area (Å²) >= 11 is 0. The zero-order valence-electron chi connectivity index (χ0n) is 18.2. The molecule has 1 atom stereocenters. The number of benzene rings is 2. The molecule has 6 nitrogen and oxygen atoms in total. The van der Waals surface area contributed by atoms with E-state index in [1.807, 2.05) is 26.0 Å². The smallest absolute Gasteiger partial charge is 0.241 e. The van der Waals surface area contributed by atoms with Gasteiger partial charge in [-0.15, -0.1) is 0 Å². The van der Waals surface area contributed by atoms with Crippen LogP contribution >= 0.6 is 0 Å². The molecule has 0 heterocycles. The third-order valence-electron chi connectivity index (χ3n) is 4.89. The standard InChI is InChI=1S/C22H29FN2O4S/c1-14(2)17-12-18(15(3)11-21(17)29-5)16(4)24-22(26)13-25(30(6,27)28)20-10-8-7-9-19(20)23/h7-12,14,16H,13H2,1-6H3,(H,24,26)/t16-/m0/s1. The third-order valence-corrected chi connectivity index (χ3v) is 6.02. The van der Waals surface area contributed by atoms with E-state index in [2.05, 4.69) is 19.2 Å². The second kappa shape index (κ2) is 9.47. The molecule has 164 valence electrons. The minimum absolute atomic E-state index is 0.162. The van der Waals surface area contributed by atoms with Gasteiger partial charge < -0.3 is 10.1 Å². The van der Waals surface area contributed by atoms with E-state index in [1.165, 1.54) is 18.2 Å². The average molecular weight is 437 g/mol. The van der Waals surface area contributed by atoms with Gasteiger partial charge in [-0.25, -0.2) is 12.8 Å². The highest BCUT2D eigenvalue weighted by Gasteiger charge is 2.25. The number of halogens is 1. The van der Waals surface area contributed by atoms with Crippen molar-refractivity contribution in [1.82, 2.24) is 5.32 Å². The lowest BCUT2D eigenvalue weighted by atomic mass is 9.93. The van der Waals surface area contributed by atoms with Gasteiger partial charge in [0.2, 0.25) is 15.9 Å². The van der Waals surface area contributed by atoms with Crippen LogP contribution in [-0.2, 0) is 14.8 Å². The number of aryl methyl sites for hydroxylation is 1. The second-order valence-corrected chi connectivity index (χ2v) is 9.52. The number of sulfonamides is 1. The van der Waals surface area contributed by atoms with Gasteiger partial charge in [-0.3, -0.25) is 9.10 Å². The molecular weight excluding hydrogens is 407 g/mol. The van der Waals surface area contributed by atoms with Crippen LogP contribution in [0.2, 0.25) is 0 Å². The molecule has 30 heavy (non-hydrogen) atoms. The van der Waals surface area contributed by atoms with E-state index in [0.717, 1.165) is 39.1 Å². The first-order valence-electron chi connectivity index (χ1n) is 9.65. The number of anilines is 1. The van der Waals surface area contributed by atoms with Crippen molar-refractivity contribution < 1.29 is 22.3 Å². The number of methoxy groups -OCH3 is 1. The van der Waals surface area contributed by atoms with Crippen LogP contribution in [0.4, 0.5) is 10.1 Å². The van der Waals surface area contributed by atoms with Crippen molar-refractivity contribution in [3.8, 4) is 5.75 Å². The second-order valence-electron chi connectivity index (χ2n) is 7.62. The van der Waals surface area contributed by atoms with E-state index in [4.69, 9.17) is 4.74 Å². The fraction of sp³-hybridized carbons (Fsp3) is 0.409. The Labute approximate surface area is 178 Å². The van der Waals surface area contributed by atoms with Crippen molar-refractivity contribution in [2.45, 2.75) is 39.7 Å². The molecular formula is C22H29FN2O4S. The highest BCUT2D eigenvalue weighted by molar-refractivity contribution is 7.92. The fourth-order valence-corrected chi connectivity index (χ4v) is 4.20. The number of para-hydroxylation sites is 1. The zero-order chi connectivity index (χ0) is 22.6. The molecule has 0 aliphatic rings. The van der Waals surface area contributed by atoms with Crippen LogP contribution in [-0.4, -0.2) is 34.2 Å². The van der Waals surface area contributed by atoms with E-state index < -0.39 is 28.3 Å². The van der Waals surface area contributed by atoms with Crippen LogP contribution < -0.4 is 14.4 Å². The summed E-state index contributed by atoms with van der Waals surface area (Å²) in [7, 11) is -2.24. The largest absolute Gasteiger partial charge is 0.496 e. The molecule has 0 saturated heterocycles. The van der Waals surface area contributed by atoms with Crippen LogP contribution in [0.15, 0.2) is 36.4 Å². The normalized spacial score (nSPS) is 12.5. The fourth-order valence-electron chi connectivity index (χ4n) is 3.34. The number of carbonyl (C=O) groups is 1. The van der Waals surface area contributed by atoms with Crippen LogP contribution in [0.5, 0.6) is 5.75 Å². The molecule has 0 spiro atoms. The molecule has 1 amide bonds. The van der Waals surface area contributed by atoms with Crippen molar-refractivity contribution in [3.05, 3.63) is 58.9 Å². The number of rotatable bonds is 8. The Balaban J connectivity index is 2.27. The predicted molar refractivity (Wildman–Crippen MR) is 117 cm³/mol. The lowest BCUT2D eigenvalue weighted by molar-refractivity contribution is -0.120. The van der Waals surface area contributed by atoms with Crippen molar-refractivity contribution in [1.29, 1.82) is 0 Å². The van der Waals surface area contributed by atoms with Gasteiger partial charge in [0, 0.05) is 0 Å². The lowest BCUT2D eigenvalue weighted by Gasteiger charge is -2.25. The highest BCUT2D eigenvalue weighted by atomic mass is 32.2. The number of nitrogens with zero attached hydrogens (tertiary/aromatic N) is 1. The van der Waals surface area contributed by atoms with Gasteiger partial charge in [0.15, 0.2) is 0 Å². The number of carbonyl (C=O) groups excluding carboxylic acids is 1. The first-order valence-corrected chi connectivity index (χ1v) is 11.5.